The van der Waals surface area contributed by atoms with Crippen molar-refractivity contribution >= 4 is 49.4 Å². The predicted molar refractivity (Wildman–Crippen MR) is 113 cm³/mol. The molecule has 3 N–H and O–H groups in total. The molecule has 2 aromatic heterocycles. The Balaban J connectivity index is 1.82. The van der Waals surface area contributed by atoms with Gasteiger partial charge in [0, 0.05) is 38.3 Å². The van der Waals surface area contributed by atoms with E-state index in [1.165, 1.54) is 10.8 Å². The molecule has 128 valence electrons. The maximum atomic E-state index is 6.49. The van der Waals surface area contributed by atoms with Crippen molar-refractivity contribution in [1.29, 1.82) is 0 Å². The first-order chi connectivity index (χ1) is 13.3. The number of fused-ring (bicyclic) bond motifs is 6. The third kappa shape index (κ3) is 1.91. The molecule has 0 fully saturated rings. The largest absolute Gasteiger partial charge is 0.456 e. The average Bonchev–Trinajstić information content (AvgIpc) is 3.26. The summed E-state index contributed by atoms with van der Waals surface area (Å²) in [4.78, 5) is 3.58. The molecule has 0 amide bonds. The van der Waals surface area contributed by atoms with Crippen LogP contribution in [0, 0.1) is 0 Å². The van der Waals surface area contributed by atoms with Crippen LogP contribution in [0.15, 0.2) is 83.3 Å². The SMILES string of the molecule is Nc1ccc2c([nH]c3ccccc32)c1-c1cccc2oc3ccccc3c12. The Labute approximate surface area is 155 Å². The van der Waals surface area contributed by atoms with Crippen LogP contribution in [-0.4, -0.2) is 4.98 Å². The van der Waals surface area contributed by atoms with Crippen LogP contribution in [0.1, 0.15) is 0 Å². The van der Waals surface area contributed by atoms with Crippen molar-refractivity contribution in [1.82, 2.24) is 4.98 Å². The van der Waals surface area contributed by atoms with Crippen molar-refractivity contribution in [2.45, 2.75) is 0 Å². The molecule has 0 saturated heterocycles. The fourth-order valence-electron chi connectivity index (χ4n) is 4.21. The molecular weight excluding hydrogens is 332 g/mol. The van der Waals surface area contributed by atoms with Crippen LogP contribution in [-0.2, 0) is 0 Å². The van der Waals surface area contributed by atoms with Crippen molar-refractivity contribution in [2.75, 3.05) is 5.73 Å². The molecule has 3 heteroatoms. The van der Waals surface area contributed by atoms with E-state index in [1.807, 2.05) is 42.5 Å². The van der Waals surface area contributed by atoms with Gasteiger partial charge in [0.25, 0.3) is 0 Å². The van der Waals surface area contributed by atoms with Crippen molar-refractivity contribution < 1.29 is 4.42 Å². The van der Waals surface area contributed by atoms with Crippen LogP contribution in [0.5, 0.6) is 0 Å². The molecule has 0 aliphatic carbocycles. The van der Waals surface area contributed by atoms with Crippen LogP contribution >= 0.6 is 0 Å². The number of hydrogen-bond donors (Lipinski definition) is 2. The molecule has 0 aliphatic rings. The van der Waals surface area contributed by atoms with Crippen molar-refractivity contribution in [3.8, 4) is 11.1 Å². The van der Waals surface area contributed by atoms with Gasteiger partial charge >= 0.3 is 0 Å². The third-order valence-electron chi connectivity index (χ3n) is 5.39. The smallest absolute Gasteiger partial charge is 0.136 e. The summed E-state index contributed by atoms with van der Waals surface area (Å²) in [5.41, 5.74) is 13.3. The lowest BCUT2D eigenvalue weighted by Gasteiger charge is -2.09. The topological polar surface area (TPSA) is 55.0 Å². The molecule has 0 unspecified atom stereocenters. The summed E-state index contributed by atoms with van der Waals surface area (Å²) in [5, 5.41) is 4.60. The quantitative estimate of drug-likeness (QED) is 0.335. The van der Waals surface area contributed by atoms with E-state index in [1.54, 1.807) is 0 Å². The van der Waals surface area contributed by atoms with Gasteiger partial charge in [-0.3, -0.25) is 0 Å². The number of aromatic nitrogens is 1. The van der Waals surface area contributed by atoms with E-state index in [0.29, 0.717) is 0 Å². The number of nitrogens with one attached hydrogen (secondary N) is 1. The Morgan fingerprint density at radius 3 is 2.37 bits per heavy atom. The number of hydrogen-bond acceptors (Lipinski definition) is 2. The number of nitrogens with two attached hydrogens (primary N) is 1. The first-order valence-corrected chi connectivity index (χ1v) is 9.01. The van der Waals surface area contributed by atoms with E-state index < -0.39 is 0 Å². The second-order valence-electron chi connectivity index (χ2n) is 6.90. The van der Waals surface area contributed by atoms with Gasteiger partial charge in [-0.15, -0.1) is 0 Å². The van der Waals surface area contributed by atoms with E-state index >= 15 is 0 Å². The summed E-state index contributed by atoms with van der Waals surface area (Å²) in [7, 11) is 0. The van der Waals surface area contributed by atoms with Gasteiger partial charge in [-0.1, -0.05) is 54.6 Å². The van der Waals surface area contributed by atoms with Crippen LogP contribution < -0.4 is 5.73 Å². The number of anilines is 1. The Kier molecular flexibility index (Phi) is 2.75. The van der Waals surface area contributed by atoms with Crippen molar-refractivity contribution in [2.24, 2.45) is 0 Å². The molecule has 0 radical (unpaired) electrons. The average molecular weight is 348 g/mol. The van der Waals surface area contributed by atoms with Gasteiger partial charge in [0.1, 0.15) is 11.2 Å². The molecule has 0 bridgehead atoms. The van der Waals surface area contributed by atoms with E-state index in [4.69, 9.17) is 10.2 Å². The molecule has 6 rings (SSSR count). The number of para-hydroxylation sites is 2. The summed E-state index contributed by atoms with van der Waals surface area (Å²) < 4.78 is 6.07. The number of nitrogen functional groups attached to an aromatic ring is 1. The Morgan fingerprint density at radius 1 is 0.667 bits per heavy atom. The van der Waals surface area contributed by atoms with Crippen LogP contribution in [0.2, 0.25) is 0 Å². The first-order valence-electron chi connectivity index (χ1n) is 9.01. The van der Waals surface area contributed by atoms with Gasteiger partial charge in [0.05, 0.1) is 5.52 Å². The molecular formula is C24H16N2O. The molecule has 0 aliphatic heterocycles. The molecule has 0 saturated carbocycles. The van der Waals surface area contributed by atoms with E-state index in [-0.39, 0.29) is 0 Å². The van der Waals surface area contributed by atoms with Crippen LogP contribution in [0.25, 0.3) is 54.9 Å². The monoisotopic (exact) mass is 348 g/mol. The number of rotatable bonds is 1. The lowest BCUT2D eigenvalue weighted by molar-refractivity contribution is 0.669. The molecule has 0 spiro atoms. The summed E-state index contributed by atoms with van der Waals surface area (Å²) in [5.74, 6) is 0. The van der Waals surface area contributed by atoms with Crippen molar-refractivity contribution in [3.63, 3.8) is 0 Å². The Hall–Kier alpha value is -3.72. The molecule has 4 aromatic carbocycles. The van der Waals surface area contributed by atoms with Crippen molar-refractivity contribution in [3.05, 3.63) is 78.9 Å². The van der Waals surface area contributed by atoms with Gasteiger partial charge in [-0.2, -0.15) is 0 Å². The van der Waals surface area contributed by atoms with Crippen LogP contribution in [0.3, 0.4) is 0 Å². The molecule has 27 heavy (non-hydrogen) atoms. The van der Waals surface area contributed by atoms with E-state index in [2.05, 4.69) is 41.4 Å². The molecule has 0 atom stereocenters. The highest BCUT2D eigenvalue weighted by molar-refractivity contribution is 6.20. The Bertz CT molecular complexity index is 1490. The molecule has 2 heterocycles. The number of furan rings is 1. The zero-order valence-corrected chi connectivity index (χ0v) is 14.5. The number of H-pyrrole nitrogens is 1. The normalized spacial score (nSPS) is 11.9. The molecule has 6 aromatic rings. The lowest BCUT2D eigenvalue weighted by atomic mass is 9.96. The molecule has 3 nitrogen and oxygen atoms in total. The zero-order valence-electron chi connectivity index (χ0n) is 14.5. The highest BCUT2D eigenvalue weighted by Gasteiger charge is 2.17. The predicted octanol–water partition coefficient (Wildman–Crippen LogP) is 6.47. The maximum Gasteiger partial charge on any atom is 0.136 e. The van der Waals surface area contributed by atoms with Gasteiger partial charge in [0.2, 0.25) is 0 Å². The van der Waals surface area contributed by atoms with E-state index in [0.717, 1.165) is 49.8 Å². The zero-order chi connectivity index (χ0) is 18.0. The number of benzene rings is 4. The minimum atomic E-state index is 0.756. The van der Waals surface area contributed by atoms with Gasteiger partial charge in [-0.25, -0.2) is 0 Å². The van der Waals surface area contributed by atoms with Crippen LogP contribution in [0.4, 0.5) is 5.69 Å². The fraction of sp³-hybridized carbons (Fsp3) is 0. The lowest BCUT2D eigenvalue weighted by Crippen LogP contribution is -1.92. The fourth-order valence-corrected chi connectivity index (χ4v) is 4.21. The minimum Gasteiger partial charge on any atom is -0.456 e. The van der Waals surface area contributed by atoms with Gasteiger partial charge in [0.15, 0.2) is 0 Å². The second kappa shape index (κ2) is 5.15. The Morgan fingerprint density at radius 2 is 1.44 bits per heavy atom. The van der Waals surface area contributed by atoms with Gasteiger partial charge in [-0.05, 0) is 29.8 Å². The summed E-state index contributed by atoms with van der Waals surface area (Å²) >= 11 is 0. The standard InChI is InChI=1S/C24H16N2O/c25-18-13-12-15-14-6-1-3-9-19(14)26-24(15)23(18)17-8-5-11-21-22(17)16-7-2-4-10-20(16)27-21/h1-13,26H,25H2. The minimum absolute atomic E-state index is 0.756. The second-order valence-corrected chi connectivity index (χ2v) is 6.90. The van der Waals surface area contributed by atoms with E-state index in [9.17, 15) is 0 Å². The maximum absolute atomic E-state index is 6.49. The van der Waals surface area contributed by atoms with Gasteiger partial charge < -0.3 is 15.1 Å². The number of aromatic amines is 1. The first kappa shape index (κ1) is 14.4. The highest BCUT2D eigenvalue weighted by atomic mass is 16.3. The summed E-state index contributed by atoms with van der Waals surface area (Å²) in [6, 6.07) is 26.8. The highest BCUT2D eigenvalue weighted by Crippen LogP contribution is 2.42. The summed E-state index contributed by atoms with van der Waals surface area (Å²) in [6.45, 7) is 0. The summed E-state index contributed by atoms with van der Waals surface area (Å²) in [6.07, 6.45) is 0. The third-order valence-corrected chi connectivity index (χ3v) is 5.39.